The number of methoxy groups -OCH3 is 1. The van der Waals surface area contributed by atoms with Gasteiger partial charge in [0, 0.05) is 24.8 Å². The van der Waals surface area contributed by atoms with E-state index in [1.165, 1.54) is 4.31 Å². The molecule has 0 bridgehead atoms. The van der Waals surface area contributed by atoms with Crippen molar-refractivity contribution in [1.82, 2.24) is 4.31 Å². The van der Waals surface area contributed by atoms with E-state index in [4.69, 9.17) is 4.74 Å². The molecule has 0 radical (unpaired) electrons. The average Bonchev–Trinajstić information content (AvgIpc) is 2.90. The van der Waals surface area contributed by atoms with Gasteiger partial charge in [0.05, 0.1) is 23.4 Å². The molecule has 0 saturated heterocycles. The summed E-state index contributed by atoms with van der Waals surface area (Å²) in [7, 11) is -2.06. The van der Waals surface area contributed by atoms with E-state index < -0.39 is 10.0 Å². The Morgan fingerprint density at radius 2 is 1.53 bits per heavy atom. The topological polar surface area (TPSA) is 49.9 Å². The number of aryl methyl sites for hydroxylation is 1. The highest BCUT2D eigenvalue weighted by Gasteiger charge is 2.27. The largest absolute Gasteiger partial charge is 0.497 e. The lowest BCUT2D eigenvalue weighted by molar-refractivity contribution is 0.415. The molecule has 4 aromatic rings. The van der Waals surface area contributed by atoms with Gasteiger partial charge in [-0.2, -0.15) is 4.31 Å². The Bertz CT molecular complexity index is 1500. The van der Waals surface area contributed by atoms with Gasteiger partial charge in [-0.1, -0.05) is 66.2 Å². The molecule has 1 aliphatic rings. The van der Waals surface area contributed by atoms with Crippen molar-refractivity contribution in [1.29, 1.82) is 0 Å². The second kappa shape index (κ2) is 10.0. The normalized spacial score (nSPS) is 15.0. The highest BCUT2D eigenvalue weighted by atomic mass is 32.2. The zero-order chi connectivity index (χ0) is 25.1. The second-order valence-corrected chi connectivity index (χ2v) is 10.7. The van der Waals surface area contributed by atoms with Crippen LogP contribution in [0.1, 0.15) is 16.7 Å². The number of hydrogen-bond donors (Lipinski definition) is 0. The van der Waals surface area contributed by atoms with Crippen LogP contribution in [0.15, 0.2) is 108 Å². The van der Waals surface area contributed by atoms with Gasteiger partial charge in [-0.15, -0.1) is 0 Å². The van der Waals surface area contributed by atoms with Crippen LogP contribution in [0.2, 0.25) is 0 Å². The van der Waals surface area contributed by atoms with E-state index >= 15 is 0 Å². The Morgan fingerprint density at radius 1 is 0.806 bits per heavy atom. The quantitative estimate of drug-likeness (QED) is 0.316. The van der Waals surface area contributed by atoms with Crippen LogP contribution >= 0.6 is 0 Å². The van der Waals surface area contributed by atoms with Crippen LogP contribution in [0.4, 0.5) is 17.1 Å². The molecular formula is C30H28N2O3S. The first-order chi connectivity index (χ1) is 17.5. The predicted molar refractivity (Wildman–Crippen MR) is 145 cm³/mol. The van der Waals surface area contributed by atoms with Crippen molar-refractivity contribution in [2.24, 2.45) is 0 Å². The van der Waals surface area contributed by atoms with Crippen LogP contribution in [0.25, 0.3) is 6.08 Å². The Balaban J connectivity index is 1.71. The summed E-state index contributed by atoms with van der Waals surface area (Å²) in [5.41, 5.74) is 5.73. The number of rotatable bonds is 4. The average molecular weight is 497 g/mol. The maximum atomic E-state index is 13.7. The van der Waals surface area contributed by atoms with Crippen molar-refractivity contribution in [3.63, 3.8) is 0 Å². The molecule has 0 unspecified atom stereocenters. The van der Waals surface area contributed by atoms with Gasteiger partial charge in [0.1, 0.15) is 5.75 Å². The molecule has 0 aromatic heterocycles. The minimum Gasteiger partial charge on any atom is -0.497 e. The zero-order valence-corrected chi connectivity index (χ0v) is 21.2. The Hall–Kier alpha value is -3.87. The standard InChI is InChI=1S/C30H28N2O3S/c1-23-14-18-28(19-15-23)36(33,34)31-20-8-10-24-16-17-27(35-2)21-30(24)32(26-11-4-3-5-12-26)29-13-7-6-9-25(29)22-31/h3-19,21H,20,22H2,1-2H3/b10-8-. The predicted octanol–water partition coefficient (Wildman–Crippen LogP) is 6.69. The van der Waals surface area contributed by atoms with Crippen molar-refractivity contribution in [3.05, 3.63) is 120 Å². The van der Waals surface area contributed by atoms with Crippen LogP contribution in [0.3, 0.4) is 0 Å². The van der Waals surface area contributed by atoms with Crippen molar-refractivity contribution >= 4 is 33.2 Å². The maximum Gasteiger partial charge on any atom is 0.243 e. The van der Waals surface area contributed by atoms with E-state index in [1.807, 2.05) is 91.9 Å². The second-order valence-electron chi connectivity index (χ2n) is 8.74. The van der Waals surface area contributed by atoms with Gasteiger partial charge in [0.2, 0.25) is 10.0 Å². The molecule has 0 amide bonds. The first kappa shape index (κ1) is 23.9. The van der Waals surface area contributed by atoms with Gasteiger partial charge in [-0.05, 0) is 60.5 Å². The van der Waals surface area contributed by atoms with Gasteiger partial charge in [-0.3, -0.25) is 0 Å². The molecule has 5 rings (SSSR count). The molecule has 0 N–H and O–H groups in total. The number of anilines is 3. The molecule has 182 valence electrons. The number of ether oxygens (including phenoxy) is 1. The van der Waals surface area contributed by atoms with Gasteiger partial charge in [0.15, 0.2) is 0 Å². The van der Waals surface area contributed by atoms with E-state index in [9.17, 15) is 8.42 Å². The van der Waals surface area contributed by atoms with E-state index in [0.717, 1.165) is 39.5 Å². The molecule has 0 saturated carbocycles. The van der Waals surface area contributed by atoms with Gasteiger partial charge in [0.25, 0.3) is 0 Å². The minimum absolute atomic E-state index is 0.235. The van der Waals surface area contributed by atoms with E-state index in [-0.39, 0.29) is 13.1 Å². The van der Waals surface area contributed by atoms with Crippen molar-refractivity contribution < 1.29 is 13.2 Å². The fourth-order valence-corrected chi connectivity index (χ4v) is 5.80. The molecule has 4 aromatic carbocycles. The van der Waals surface area contributed by atoms with Gasteiger partial charge < -0.3 is 9.64 Å². The molecule has 0 atom stereocenters. The SMILES string of the molecule is COc1ccc2c(c1)N(c1ccccc1)c1ccccc1CN(S(=O)(=O)c1ccc(C)cc1)C/C=C\2. The summed E-state index contributed by atoms with van der Waals surface area (Å²) in [6.07, 6.45) is 3.89. The van der Waals surface area contributed by atoms with E-state index in [0.29, 0.717) is 4.90 Å². The lowest BCUT2D eigenvalue weighted by Crippen LogP contribution is -2.31. The fraction of sp³-hybridized carbons (Fsp3) is 0.133. The molecule has 5 nitrogen and oxygen atoms in total. The number of benzene rings is 4. The molecular weight excluding hydrogens is 468 g/mol. The van der Waals surface area contributed by atoms with E-state index in [1.54, 1.807) is 19.2 Å². The third-order valence-corrected chi connectivity index (χ3v) is 8.16. The monoisotopic (exact) mass is 496 g/mol. The Labute approximate surface area is 212 Å². The lowest BCUT2D eigenvalue weighted by Gasteiger charge is -2.31. The lowest BCUT2D eigenvalue weighted by atomic mass is 10.0. The maximum absolute atomic E-state index is 13.7. The molecule has 36 heavy (non-hydrogen) atoms. The van der Waals surface area contributed by atoms with Crippen molar-refractivity contribution in [2.45, 2.75) is 18.4 Å². The summed E-state index contributed by atoms with van der Waals surface area (Å²) in [5, 5.41) is 0. The van der Waals surface area contributed by atoms with Crippen LogP contribution in [0, 0.1) is 6.92 Å². The summed E-state index contributed by atoms with van der Waals surface area (Å²) in [6.45, 7) is 2.43. The Kier molecular flexibility index (Phi) is 6.63. The van der Waals surface area contributed by atoms with Crippen LogP contribution < -0.4 is 9.64 Å². The minimum atomic E-state index is -3.72. The summed E-state index contributed by atoms with van der Waals surface area (Å²) in [4.78, 5) is 2.46. The first-order valence-corrected chi connectivity index (χ1v) is 13.3. The van der Waals surface area contributed by atoms with E-state index in [2.05, 4.69) is 17.0 Å². The highest BCUT2D eigenvalue weighted by molar-refractivity contribution is 7.89. The summed E-state index contributed by atoms with van der Waals surface area (Å²) >= 11 is 0. The van der Waals surface area contributed by atoms with Crippen LogP contribution in [-0.4, -0.2) is 26.4 Å². The summed E-state index contributed by atoms with van der Waals surface area (Å²) in [6, 6.07) is 31.0. The van der Waals surface area contributed by atoms with Crippen LogP contribution in [0.5, 0.6) is 5.75 Å². The van der Waals surface area contributed by atoms with Gasteiger partial charge in [-0.25, -0.2) is 8.42 Å². The van der Waals surface area contributed by atoms with Gasteiger partial charge >= 0.3 is 0 Å². The summed E-state index contributed by atoms with van der Waals surface area (Å²) < 4.78 is 34.5. The molecule has 1 aliphatic heterocycles. The highest BCUT2D eigenvalue weighted by Crippen LogP contribution is 2.41. The molecule has 1 heterocycles. The Morgan fingerprint density at radius 3 is 2.28 bits per heavy atom. The number of fused-ring (bicyclic) bond motifs is 2. The zero-order valence-electron chi connectivity index (χ0n) is 20.3. The number of hydrogen-bond acceptors (Lipinski definition) is 4. The number of sulfonamides is 1. The van der Waals surface area contributed by atoms with Crippen molar-refractivity contribution in [3.8, 4) is 5.75 Å². The third-order valence-electron chi connectivity index (χ3n) is 6.34. The summed E-state index contributed by atoms with van der Waals surface area (Å²) in [5.74, 6) is 0.751. The fourth-order valence-electron chi connectivity index (χ4n) is 4.43. The smallest absolute Gasteiger partial charge is 0.243 e. The molecule has 0 aliphatic carbocycles. The number of nitrogens with zero attached hydrogens (tertiary/aromatic N) is 2. The number of para-hydroxylation sites is 2. The molecule has 6 heteroatoms. The van der Waals surface area contributed by atoms with Crippen LogP contribution in [-0.2, 0) is 16.6 Å². The molecule has 0 spiro atoms. The third kappa shape index (κ3) is 4.65. The van der Waals surface area contributed by atoms with Crippen molar-refractivity contribution in [2.75, 3.05) is 18.6 Å². The molecule has 0 fully saturated rings. The first-order valence-electron chi connectivity index (χ1n) is 11.8.